The van der Waals surface area contributed by atoms with E-state index in [9.17, 15) is 4.39 Å². The van der Waals surface area contributed by atoms with Crippen molar-refractivity contribution in [1.29, 1.82) is 0 Å². The molecule has 0 aliphatic carbocycles. The fourth-order valence-electron chi connectivity index (χ4n) is 4.66. The second kappa shape index (κ2) is 7.62. The number of nitrogens with one attached hydrogen (secondary N) is 3. The summed E-state index contributed by atoms with van der Waals surface area (Å²) in [6.45, 7) is 10.9. The molecular weight excluding hydrogens is 425 g/mol. The molecule has 1 saturated heterocycles. The van der Waals surface area contributed by atoms with Crippen molar-refractivity contribution in [1.82, 2.24) is 35.5 Å². The number of rotatable bonds is 5. The van der Waals surface area contributed by atoms with Gasteiger partial charge >= 0.3 is 0 Å². The number of benzene rings is 1. The van der Waals surface area contributed by atoms with Gasteiger partial charge in [-0.25, -0.2) is 9.37 Å². The highest BCUT2D eigenvalue weighted by Gasteiger charge is 2.38. The molecule has 0 radical (unpaired) electrons. The van der Waals surface area contributed by atoms with E-state index in [4.69, 9.17) is 4.74 Å². The van der Waals surface area contributed by atoms with E-state index in [0.29, 0.717) is 41.5 Å². The Morgan fingerprint density at radius 1 is 1.27 bits per heavy atom. The average Bonchev–Trinajstić information content (AvgIpc) is 3.33. The highest BCUT2D eigenvalue weighted by molar-refractivity contribution is 5.63. The fraction of sp³-hybridized carbons (Fsp3) is 0.500. The number of fused-ring (bicyclic) bond motifs is 3. The van der Waals surface area contributed by atoms with Crippen LogP contribution in [0.2, 0.25) is 0 Å². The van der Waals surface area contributed by atoms with E-state index in [1.807, 2.05) is 32.0 Å². The molecule has 0 amide bonds. The molecule has 1 unspecified atom stereocenters. The second-order valence-electron chi connectivity index (χ2n) is 9.80. The summed E-state index contributed by atoms with van der Waals surface area (Å²) in [6, 6.07) is 5.96. The number of hydrogen-bond acceptors (Lipinski definition) is 9. The molecule has 1 aromatic carbocycles. The summed E-state index contributed by atoms with van der Waals surface area (Å²) >= 11 is 0. The predicted octanol–water partition coefficient (Wildman–Crippen LogP) is 3.15. The van der Waals surface area contributed by atoms with Crippen molar-refractivity contribution in [2.45, 2.75) is 58.2 Å². The van der Waals surface area contributed by atoms with Crippen molar-refractivity contribution < 1.29 is 9.13 Å². The Balaban J connectivity index is 1.35. The fourth-order valence-corrected chi connectivity index (χ4v) is 4.66. The van der Waals surface area contributed by atoms with Crippen LogP contribution < -0.4 is 20.7 Å². The topological polar surface area (TPSA) is 115 Å². The van der Waals surface area contributed by atoms with Crippen LogP contribution >= 0.6 is 0 Å². The van der Waals surface area contributed by atoms with Crippen LogP contribution in [0.1, 0.15) is 46.9 Å². The van der Waals surface area contributed by atoms with Crippen LogP contribution in [0.5, 0.6) is 5.75 Å². The Hall–Kier alpha value is -3.34. The van der Waals surface area contributed by atoms with Crippen molar-refractivity contribution in [3.05, 3.63) is 36.0 Å². The van der Waals surface area contributed by atoms with Gasteiger partial charge in [0.1, 0.15) is 11.4 Å². The molecule has 0 saturated carbocycles. The molecule has 11 heteroatoms. The summed E-state index contributed by atoms with van der Waals surface area (Å²) in [7, 11) is 0. The van der Waals surface area contributed by atoms with Gasteiger partial charge in [-0.15, -0.1) is 5.10 Å². The molecule has 2 aromatic heterocycles. The van der Waals surface area contributed by atoms with Gasteiger partial charge in [-0.3, -0.25) is 0 Å². The number of hydrogen-bond donors (Lipinski definition) is 3. The maximum atomic E-state index is 14.4. The van der Waals surface area contributed by atoms with Gasteiger partial charge < -0.3 is 20.7 Å². The minimum absolute atomic E-state index is 0.0220. The Morgan fingerprint density at radius 2 is 2.09 bits per heavy atom. The van der Waals surface area contributed by atoms with E-state index in [1.165, 1.54) is 6.20 Å². The van der Waals surface area contributed by atoms with Gasteiger partial charge in [0.2, 0.25) is 5.95 Å². The van der Waals surface area contributed by atoms with E-state index in [1.54, 1.807) is 4.68 Å². The molecule has 2 aliphatic heterocycles. The van der Waals surface area contributed by atoms with Crippen molar-refractivity contribution >= 4 is 17.5 Å². The molecule has 3 N–H and O–H groups in total. The summed E-state index contributed by atoms with van der Waals surface area (Å²) < 4.78 is 22.1. The third kappa shape index (κ3) is 3.97. The summed E-state index contributed by atoms with van der Waals surface area (Å²) in [6.07, 6.45) is 2.19. The number of nitrogens with zero attached hydrogens (tertiary/aromatic N) is 6. The van der Waals surface area contributed by atoms with Crippen LogP contribution in [-0.4, -0.2) is 48.3 Å². The van der Waals surface area contributed by atoms with Gasteiger partial charge in [0, 0.05) is 23.8 Å². The van der Waals surface area contributed by atoms with Gasteiger partial charge in [-0.1, -0.05) is 0 Å². The van der Waals surface area contributed by atoms with Crippen LogP contribution in [0, 0.1) is 11.7 Å². The monoisotopic (exact) mass is 453 g/mol. The van der Waals surface area contributed by atoms with Gasteiger partial charge in [-0.2, -0.15) is 9.67 Å². The van der Waals surface area contributed by atoms with E-state index in [0.717, 1.165) is 6.42 Å². The highest BCUT2D eigenvalue weighted by atomic mass is 19.1. The molecule has 2 atom stereocenters. The van der Waals surface area contributed by atoms with E-state index >= 15 is 0 Å². The summed E-state index contributed by atoms with van der Waals surface area (Å²) in [5.41, 5.74) is 0.731. The first-order valence-electron chi connectivity index (χ1n) is 11.1. The molecule has 5 rings (SSSR count). The second-order valence-corrected chi connectivity index (χ2v) is 9.80. The molecular formula is C22H28FN9O. The number of tetrazole rings is 1. The first-order chi connectivity index (χ1) is 15.6. The van der Waals surface area contributed by atoms with Gasteiger partial charge in [0.05, 0.1) is 6.20 Å². The van der Waals surface area contributed by atoms with Crippen molar-refractivity contribution in [2.24, 2.45) is 5.92 Å². The summed E-state index contributed by atoms with van der Waals surface area (Å²) in [5.74, 6) is 1.59. The minimum atomic E-state index is -0.646. The molecule has 1 fully saturated rings. The molecule has 0 bridgehead atoms. The van der Waals surface area contributed by atoms with Gasteiger partial charge in [-0.05, 0) is 75.6 Å². The van der Waals surface area contributed by atoms with Crippen molar-refractivity contribution in [3.8, 4) is 11.4 Å². The largest absolute Gasteiger partial charge is 0.478 e. The Morgan fingerprint density at radius 3 is 2.85 bits per heavy atom. The molecule has 2 aliphatic rings. The van der Waals surface area contributed by atoms with Crippen LogP contribution in [0.15, 0.2) is 24.4 Å². The van der Waals surface area contributed by atoms with Gasteiger partial charge in [0.25, 0.3) is 0 Å². The Labute approximate surface area is 191 Å². The van der Waals surface area contributed by atoms with E-state index in [2.05, 4.69) is 62.2 Å². The van der Waals surface area contributed by atoms with E-state index in [-0.39, 0.29) is 17.3 Å². The third-order valence-corrected chi connectivity index (χ3v) is 6.35. The lowest BCUT2D eigenvalue weighted by atomic mass is 9.89. The Bertz CT molecular complexity index is 1190. The summed E-state index contributed by atoms with van der Waals surface area (Å²) in [4.78, 5) is 8.45. The van der Waals surface area contributed by atoms with Crippen molar-refractivity contribution in [3.63, 3.8) is 0 Å². The molecule has 0 spiro atoms. The predicted molar refractivity (Wildman–Crippen MR) is 121 cm³/mol. The normalized spacial score (nSPS) is 22.2. The summed E-state index contributed by atoms with van der Waals surface area (Å²) in [5, 5.41) is 21.8. The van der Waals surface area contributed by atoms with Crippen molar-refractivity contribution in [2.75, 3.05) is 17.2 Å². The SMILES string of the molecule is CC1C[C@@H](CNc2nc(Nc3ccc4c(c3)-n3nnnc3C(C)(C)O4)ncc2F)C(C)(C)N1. The van der Waals surface area contributed by atoms with Crippen LogP contribution in [0.25, 0.3) is 5.69 Å². The maximum Gasteiger partial charge on any atom is 0.229 e. The zero-order valence-corrected chi connectivity index (χ0v) is 19.3. The minimum Gasteiger partial charge on any atom is -0.478 e. The number of ether oxygens (including phenoxy) is 1. The standard InChI is InChI=1S/C22H28FN9O/c1-12-8-13(21(2,3)28-12)10-24-18-15(23)11-25-20(27-18)26-14-6-7-17-16(9-14)32-19(29-30-31-32)22(4,5)33-17/h6-7,9,11-13,28H,8,10H2,1-5H3,(H2,24,25,26,27)/t12?,13-/m0/s1. The van der Waals surface area contributed by atoms with E-state index < -0.39 is 11.4 Å². The average molecular weight is 454 g/mol. The first-order valence-corrected chi connectivity index (χ1v) is 11.1. The highest BCUT2D eigenvalue weighted by Crippen LogP contribution is 2.38. The number of halogens is 1. The lowest BCUT2D eigenvalue weighted by Gasteiger charge is -2.31. The maximum absolute atomic E-state index is 14.4. The quantitative estimate of drug-likeness (QED) is 0.536. The smallest absolute Gasteiger partial charge is 0.229 e. The number of anilines is 3. The molecule has 174 valence electrons. The zero-order chi connectivity index (χ0) is 23.4. The Kier molecular flexibility index (Phi) is 4.96. The molecule has 4 heterocycles. The zero-order valence-electron chi connectivity index (χ0n) is 19.3. The van der Waals surface area contributed by atoms with Crippen LogP contribution in [0.4, 0.5) is 21.8 Å². The third-order valence-electron chi connectivity index (χ3n) is 6.35. The van der Waals surface area contributed by atoms with Gasteiger partial charge in [0.15, 0.2) is 23.1 Å². The lowest BCUT2D eigenvalue weighted by molar-refractivity contribution is 0.0854. The van der Waals surface area contributed by atoms with Crippen LogP contribution in [-0.2, 0) is 5.60 Å². The molecule has 3 aromatic rings. The lowest BCUT2D eigenvalue weighted by Crippen LogP contribution is -2.42. The first kappa shape index (κ1) is 21.5. The number of aromatic nitrogens is 6. The molecule has 10 nitrogen and oxygen atoms in total. The van der Waals surface area contributed by atoms with Crippen LogP contribution in [0.3, 0.4) is 0 Å². The molecule has 33 heavy (non-hydrogen) atoms.